The van der Waals surface area contributed by atoms with E-state index in [1.54, 1.807) is 6.92 Å². The SMILES string of the molecule is Cc1nc(N(C)Cc2ccccc2)sc1[N+](=O)[O-]. The van der Waals surface area contributed by atoms with Crippen LogP contribution in [-0.2, 0) is 6.54 Å². The van der Waals surface area contributed by atoms with Gasteiger partial charge in [-0.05, 0) is 23.8 Å². The predicted molar refractivity (Wildman–Crippen MR) is 72.1 cm³/mol. The fourth-order valence-electron chi connectivity index (χ4n) is 1.63. The molecule has 0 spiro atoms. The van der Waals surface area contributed by atoms with E-state index >= 15 is 0 Å². The Morgan fingerprint density at radius 2 is 2.06 bits per heavy atom. The van der Waals surface area contributed by atoms with Crippen LogP contribution in [0.1, 0.15) is 11.3 Å². The molecule has 1 aromatic carbocycles. The summed E-state index contributed by atoms with van der Waals surface area (Å²) in [5, 5.41) is 11.6. The molecule has 0 atom stereocenters. The van der Waals surface area contributed by atoms with Crippen molar-refractivity contribution >= 4 is 21.5 Å². The molecule has 0 unspecified atom stereocenters. The maximum atomic E-state index is 10.8. The fraction of sp³-hybridized carbons (Fsp3) is 0.250. The second kappa shape index (κ2) is 5.14. The van der Waals surface area contributed by atoms with Gasteiger partial charge < -0.3 is 4.90 Å². The average molecular weight is 263 g/mol. The van der Waals surface area contributed by atoms with E-state index in [1.165, 1.54) is 0 Å². The molecular formula is C12H13N3O2S. The van der Waals surface area contributed by atoms with E-state index in [-0.39, 0.29) is 9.92 Å². The van der Waals surface area contributed by atoms with E-state index in [0.29, 0.717) is 17.4 Å². The fourth-order valence-corrected chi connectivity index (χ4v) is 2.48. The Hall–Kier alpha value is -1.95. The van der Waals surface area contributed by atoms with Gasteiger partial charge in [0.25, 0.3) is 0 Å². The van der Waals surface area contributed by atoms with Gasteiger partial charge in [0, 0.05) is 13.6 Å². The Kier molecular flexibility index (Phi) is 3.57. The van der Waals surface area contributed by atoms with Crippen LogP contribution in [0.5, 0.6) is 0 Å². The average Bonchev–Trinajstić information content (AvgIpc) is 2.73. The minimum Gasteiger partial charge on any atom is -0.347 e. The van der Waals surface area contributed by atoms with Gasteiger partial charge in [-0.15, -0.1) is 0 Å². The third kappa shape index (κ3) is 2.65. The smallest absolute Gasteiger partial charge is 0.347 e. The van der Waals surface area contributed by atoms with Crippen molar-refractivity contribution in [3.63, 3.8) is 0 Å². The summed E-state index contributed by atoms with van der Waals surface area (Å²) in [6.07, 6.45) is 0. The zero-order valence-corrected chi connectivity index (χ0v) is 11.0. The molecule has 0 amide bonds. The van der Waals surface area contributed by atoms with Crippen LogP contribution in [0.4, 0.5) is 10.1 Å². The molecule has 6 heteroatoms. The molecular weight excluding hydrogens is 250 g/mol. The van der Waals surface area contributed by atoms with Crippen LogP contribution in [0.15, 0.2) is 30.3 Å². The molecule has 0 aliphatic heterocycles. The highest BCUT2D eigenvalue weighted by molar-refractivity contribution is 7.18. The third-order valence-electron chi connectivity index (χ3n) is 2.52. The van der Waals surface area contributed by atoms with E-state index in [0.717, 1.165) is 16.9 Å². The van der Waals surface area contributed by atoms with E-state index in [2.05, 4.69) is 4.98 Å². The van der Waals surface area contributed by atoms with Gasteiger partial charge in [-0.25, -0.2) is 4.98 Å². The maximum absolute atomic E-state index is 10.8. The summed E-state index contributed by atoms with van der Waals surface area (Å²) in [5.41, 5.74) is 1.62. The molecule has 0 aliphatic carbocycles. The lowest BCUT2D eigenvalue weighted by molar-refractivity contribution is -0.380. The Balaban J connectivity index is 2.17. The second-order valence-corrected chi connectivity index (χ2v) is 4.94. The van der Waals surface area contributed by atoms with Gasteiger partial charge in [0.15, 0.2) is 5.13 Å². The van der Waals surface area contributed by atoms with Gasteiger partial charge >= 0.3 is 5.00 Å². The van der Waals surface area contributed by atoms with Crippen molar-refractivity contribution in [3.05, 3.63) is 51.7 Å². The first-order chi connectivity index (χ1) is 8.58. The van der Waals surface area contributed by atoms with E-state index in [9.17, 15) is 10.1 Å². The molecule has 0 aliphatic rings. The first-order valence-electron chi connectivity index (χ1n) is 5.45. The van der Waals surface area contributed by atoms with Crippen molar-refractivity contribution in [2.45, 2.75) is 13.5 Å². The Labute approximate surface area is 109 Å². The van der Waals surface area contributed by atoms with Gasteiger partial charge in [0.1, 0.15) is 5.69 Å². The quantitative estimate of drug-likeness (QED) is 0.628. The van der Waals surface area contributed by atoms with Gasteiger partial charge in [-0.2, -0.15) is 0 Å². The van der Waals surface area contributed by atoms with E-state index < -0.39 is 0 Å². The van der Waals surface area contributed by atoms with Crippen LogP contribution >= 0.6 is 11.3 Å². The number of hydrogen-bond donors (Lipinski definition) is 0. The lowest BCUT2D eigenvalue weighted by Crippen LogP contribution is -2.15. The highest BCUT2D eigenvalue weighted by Gasteiger charge is 2.19. The largest absolute Gasteiger partial charge is 0.348 e. The molecule has 0 fully saturated rings. The summed E-state index contributed by atoms with van der Waals surface area (Å²) < 4.78 is 0. The molecule has 2 rings (SSSR count). The summed E-state index contributed by atoms with van der Waals surface area (Å²) in [5.74, 6) is 0. The number of rotatable bonds is 4. The number of nitrogens with zero attached hydrogens (tertiary/aromatic N) is 3. The Bertz CT molecular complexity index is 554. The van der Waals surface area contributed by atoms with Gasteiger partial charge in [0.05, 0.1) is 4.92 Å². The number of aromatic nitrogens is 1. The molecule has 2 aromatic rings. The van der Waals surface area contributed by atoms with Crippen LogP contribution in [0.25, 0.3) is 0 Å². The van der Waals surface area contributed by atoms with Gasteiger partial charge in [-0.3, -0.25) is 10.1 Å². The zero-order valence-electron chi connectivity index (χ0n) is 10.2. The third-order valence-corrected chi connectivity index (χ3v) is 3.74. The van der Waals surface area contributed by atoms with Crippen molar-refractivity contribution in [2.24, 2.45) is 0 Å². The first-order valence-corrected chi connectivity index (χ1v) is 6.26. The van der Waals surface area contributed by atoms with Gasteiger partial charge in [-0.1, -0.05) is 30.3 Å². The van der Waals surface area contributed by atoms with Crippen LogP contribution in [-0.4, -0.2) is 17.0 Å². The highest BCUT2D eigenvalue weighted by Crippen LogP contribution is 2.32. The normalized spacial score (nSPS) is 10.3. The molecule has 0 N–H and O–H groups in total. The maximum Gasteiger partial charge on any atom is 0.348 e. The lowest BCUT2D eigenvalue weighted by atomic mass is 10.2. The number of aryl methyl sites for hydroxylation is 1. The number of thiazole rings is 1. The first kappa shape index (κ1) is 12.5. The summed E-state index contributed by atoms with van der Waals surface area (Å²) >= 11 is 1.11. The van der Waals surface area contributed by atoms with Crippen LogP contribution in [0.2, 0.25) is 0 Å². The van der Waals surface area contributed by atoms with Crippen molar-refractivity contribution in [1.29, 1.82) is 0 Å². The summed E-state index contributed by atoms with van der Waals surface area (Å²) in [7, 11) is 1.88. The molecule has 0 radical (unpaired) electrons. The predicted octanol–water partition coefficient (Wildman–Crippen LogP) is 3.00. The zero-order chi connectivity index (χ0) is 13.1. The van der Waals surface area contributed by atoms with Crippen LogP contribution in [0.3, 0.4) is 0 Å². The highest BCUT2D eigenvalue weighted by atomic mass is 32.1. The van der Waals surface area contributed by atoms with Crippen molar-refractivity contribution in [1.82, 2.24) is 4.98 Å². The van der Waals surface area contributed by atoms with Gasteiger partial charge in [0.2, 0.25) is 0 Å². The number of nitro groups is 1. The summed E-state index contributed by atoms with van der Waals surface area (Å²) in [4.78, 5) is 16.5. The molecule has 94 valence electrons. The Morgan fingerprint density at radius 3 is 2.61 bits per heavy atom. The van der Waals surface area contributed by atoms with Crippen molar-refractivity contribution < 1.29 is 4.92 Å². The number of hydrogen-bond acceptors (Lipinski definition) is 5. The number of benzene rings is 1. The van der Waals surface area contributed by atoms with E-state index in [4.69, 9.17) is 0 Å². The second-order valence-electron chi connectivity index (χ2n) is 3.99. The molecule has 0 saturated heterocycles. The topological polar surface area (TPSA) is 59.3 Å². The monoisotopic (exact) mass is 263 g/mol. The minimum atomic E-state index is -0.382. The van der Waals surface area contributed by atoms with Crippen LogP contribution in [0, 0.1) is 17.0 Å². The summed E-state index contributed by atoms with van der Waals surface area (Å²) in [6, 6.07) is 9.94. The van der Waals surface area contributed by atoms with Crippen molar-refractivity contribution in [3.8, 4) is 0 Å². The molecule has 5 nitrogen and oxygen atoms in total. The van der Waals surface area contributed by atoms with E-state index in [1.807, 2.05) is 42.3 Å². The minimum absolute atomic E-state index is 0.116. The molecule has 0 saturated carbocycles. The molecule has 18 heavy (non-hydrogen) atoms. The molecule has 1 aromatic heterocycles. The molecule has 0 bridgehead atoms. The molecule has 1 heterocycles. The number of anilines is 1. The van der Waals surface area contributed by atoms with Crippen molar-refractivity contribution in [2.75, 3.05) is 11.9 Å². The summed E-state index contributed by atoms with van der Waals surface area (Å²) in [6.45, 7) is 2.35. The Morgan fingerprint density at radius 1 is 1.39 bits per heavy atom. The van der Waals surface area contributed by atoms with Crippen LogP contribution < -0.4 is 4.90 Å². The lowest BCUT2D eigenvalue weighted by Gasteiger charge is -2.15. The standard InChI is InChI=1S/C12H13N3O2S/c1-9-11(15(16)17)18-12(13-9)14(2)8-10-6-4-3-5-7-10/h3-7H,8H2,1-2H3.